The van der Waals surface area contributed by atoms with Gasteiger partial charge in [-0.15, -0.1) is 0 Å². The van der Waals surface area contributed by atoms with Crippen LogP contribution in [0.4, 0.5) is 5.69 Å². The van der Waals surface area contributed by atoms with Gasteiger partial charge in [0.05, 0.1) is 18.9 Å². The maximum Gasteiger partial charge on any atom is 0.294 e. The van der Waals surface area contributed by atoms with Crippen LogP contribution >= 0.6 is 0 Å². The Morgan fingerprint density at radius 1 is 1.24 bits per heavy atom. The van der Waals surface area contributed by atoms with Gasteiger partial charge in [-0.25, -0.2) is 0 Å². The highest BCUT2D eigenvalue weighted by Crippen LogP contribution is 2.15. The number of carbonyl (C=O) groups is 1. The molecular formula is C15H19N3O3. The standard InChI is InChI=1S/C15H19N3O3/c1-3-20-10-12-13(18-15(17-12)21-4-2)14(19)16-11-8-6-5-7-9-11/h5-9H,3-4,10H2,1-2H3,(H,16,19)(H,17,18). The molecule has 0 spiro atoms. The first kappa shape index (κ1) is 15.1. The third kappa shape index (κ3) is 4.06. The summed E-state index contributed by atoms with van der Waals surface area (Å²) in [5.74, 6) is -0.293. The zero-order valence-electron chi connectivity index (χ0n) is 12.2. The van der Waals surface area contributed by atoms with Gasteiger partial charge >= 0.3 is 0 Å². The molecule has 6 nitrogen and oxygen atoms in total. The van der Waals surface area contributed by atoms with Gasteiger partial charge in [0.1, 0.15) is 0 Å². The molecule has 1 heterocycles. The Labute approximate surface area is 123 Å². The van der Waals surface area contributed by atoms with Crippen molar-refractivity contribution in [3.8, 4) is 6.01 Å². The van der Waals surface area contributed by atoms with Gasteiger partial charge < -0.3 is 19.8 Å². The summed E-state index contributed by atoms with van der Waals surface area (Å²) in [6.07, 6.45) is 0. The molecule has 1 amide bonds. The van der Waals surface area contributed by atoms with Crippen molar-refractivity contribution in [2.24, 2.45) is 0 Å². The lowest BCUT2D eigenvalue weighted by Gasteiger charge is -2.04. The number of rotatable bonds is 7. The number of carbonyl (C=O) groups excluding carboxylic acids is 1. The van der Waals surface area contributed by atoms with Crippen molar-refractivity contribution in [3.05, 3.63) is 41.7 Å². The van der Waals surface area contributed by atoms with E-state index in [0.717, 1.165) is 0 Å². The van der Waals surface area contributed by atoms with Gasteiger partial charge in [-0.3, -0.25) is 4.79 Å². The number of ether oxygens (including phenoxy) is 2. The highest BCUT2D eigenvalue weighted by atomic mass is 16.5. The first-order valence-corrected chi connectivity index (χ1v) is 6.90. The second kappa shape index (κ2) is 7.44. The summed E-state index contributed by atoms with van der Waals surface area (Å²) < 4.78 is 10.7. The third-order valence-corrected chi connectivity index (χ3v) is 2.74. The van der Waals surface area contributed by atoms with Gasteiger partial charge in [0, 0.05) is 12.3 Å². The third-order valence-electron chi connectivity index (χ3n) is 2.74. The maximum absolute atomic E-state index is 12.3. The Morgan fingerprint density at radius 2 is 2.00 bits per heavy atom. The Kier molecular flexibility index (Phi) is 5.34. The van der Waals surface area contributed by atoms with Crippen molar-refractivity contribution in [1.29, 1.82) is 0 Å². The number of aromatic amines is 1. The highest BCUT2D eigenvalue weighted by molar-refractivity contribution is 6.03. The Bertz CT molecular complexity index is 581. The van der Waals surface area contributed by atoms with Gasteiger partial charge in [0.25, 0.3) is 11.9 Å². The second-order valence-corrected chi connectivity index (χ2v) is 4.26. The second-order valence-electron chi connectivity index (χ2n) is 4.26. The van der Waals surface area contributed by atoms with E-state index in [1.165, 1.54) is 0 Å². The fourth-order valence-corrected chi connectivity index (χ4v) is 1.80. The van der Waals surface area contributed by atoms with Crippen molar-refractivity contribution in [2.75, 3.05) is 18.5 Å². The Balaban J connectivity index is 2.17. The molecule has 0 fully saturated rings. The number of hydrogen-bond acceptors (Lipinski definition) is 4. The van der Waals surface area contributed by atoms with E-state index in [1.807, 2.05) is 44.2 Å². The number of para-hydroxylation sites is 1. The van der Waals surface area contributed by atoms with E-state index in [-0.39, 0.29) is 18.2 Å². The molecule has 6 heteroatoms. The molecule has 0 atom stereocenters. The molecule has 21 heavy (non-hydrogen) atoms. The highest BCUT2D eigenvalue weighted by Gasteiger charge is 2.18. The molecule has 0 saturated heterocycles. The first-order valence-electron chi connectivity index (χ1n) is 6.90. The van der Waals surface area contributed by atoms with Crippen LogP contribution < -0.4 is 10.1 Å². The van der Waals surface area contributed by atoms with Crippen molar-refractivity contribution in [1.82, 2.24) is 9.97 Å². The number of nitrogens with zero attached hydrogens (tertiary/aromatic N) is 1. The minimum absolute atomic E-state index is 0.286. The van der Waals surface area contributed by atoms with Crippen molar-refractivity contribution in [2.45, 2.75) is 20.5 Å². The van der Waals surface area contributed by atoms with E-state index in [2.05, 4.69) is 15.3 Å². The molecule has 0 aliphatic heterocycles. The summed E-state index contributed by atoms with van der Waals surface area (Å²) in [5.41, 5.74) is 1.61. The summed E-state index contributed by atoms with van der Waals surface area (Å²) >= 11 is 0. The van der Waals surface area contributed by atoms with Crippen LogP contribution in [0.5, 0.6) is 6.01 Å². The van der Waals surface area contributed by atoms with Crippen molar-refractivity contribution >= 4 is 11.6 Å². The minimum atomic E-state index is -0.293. The molecule has 0 radical (unpaired) electrons. The van der Waals surface area contributed by atoms with E-state index in [9.17, 15) is 4.79 Å². The molecule has 1 aromatic heterocycles. The van der Waals surface area contributed by atoms with Crippen molar-refractivity contribution in [3.63, 3.8) is 0 Å². The normalized spacial score (nSPS) is 10.4. The van der Waals surface area contributed by atoms with Crippen LogP contribution in [0.15, 0.2) is 30.3 Å². The van der Waals surface area contributed by atoms with E-state index >= 15 is 0 Å². The molecule has 1 aromatic carbocycles. The van der Waals surface area contributed by atoms with Gasteiger partial charge in [-0.05, 0) is 26.0 Å². The van der Waals surface area contributed by atoms with Crippen LogP contribution in [0.1, 0.15) is 30.0 Å². The predicted octanol–water partition coefficient (Wildman–Crippen LogP) is 2.60. The first-order chi connectivity index (χ1) is 10.2. The zero-order valence-corrected chi connectivity index (χ0v) is 12.2. The predicted molar refractivity (Wildman–Crippen MR) is 79.5 cm³/mol. The zero-order chi connectivity index (χ0) is 15.1. The van der Waals surface area contributed by atoms with Crippen LogP contribution in [0.25, 0.3) is 0 Å². The fraction of sp³-hybridized carbons (Fsp3) is 0.333. The quantitative estimate of drug-likeness (QED) is 0.821. The lowest BCUT2D eigenvalue weighted by atomic mass is 10.3. The largest absolute Gasteiger partial charge is 0.465 e. The molecule has 112 valence electrons. The maximum atomic E-state index is 12.3. The van der Waals surface area contributed by atoms with E-state index in [0.29, 0.717) is 30.6 Å². The Hall–Kier alpha value is -2.34. The minimum Gasteiger partial charge on any atom is -0.465 e. The number of nitrogens with one attached hydrogen (secondary N) is 2. The lowest BCUT2D eigenvalue weighted by molar-refractivity contribution is 0.101. The summed E-state index contributed by atoms with van der Waals surface area (Å²) in [5, 5.41) is 2.80. The van der Waals surface area contributed by atoms with E-state index < -0.39 is 0 Å². The van der Waals surface area contributed by atoms with Crippen molar-refractivity contribution < 1.29 is 14.3 Å². The number of H-pyrrole nitrogens is 1. The molecule has 0 bridgehead atoms. The SMILES string of the molecule is CCOCc1[nH]c(OCC)nc1C(=O)Nc1ccccc1. The number of anilines is 1. The van der Waals surface area contributed by atoms with E-state index in [1.54, 1.807) is 0 Å². The van der Waals surface area contributed by atoms with Crippen LogP contribution in [-0.2, 0) is 11.3 Å². The summed E-state index contributed by atoms with van der Waals surface area (Å²) in [6, 6.07) is 9.55. The molecule has 2 aromatic rings. The molecule has 0 aliphatic rings. The van der Waals surface area contributed by atoms with Crippen LogP contribution in [0.3, 0.4) is 0 Å². The van der Waals surface area contributed by atoms with Gasteiger partial charge in [0.15, 0.2) is 5.69 Å². The van der Waals surface area contributed by atoms with E-state index in [4.69, 9.17) is 9.47 Å². The summed E-state index contributed by atoms with van der Waals surface area (Å²) in [7, 11) is 0. The van der Waals surface area contributed by atoms with Gasteiger partial charge in [0.2, 0.25) is 0 Å². The van der Waals surface area contributed by atoms with Crippen LogP contribution in [-0.4, -0.2) is 29.1 Å². The van der Waals surface area contributed by atoms with Crippen LogP contribution in [0.2, 0.25) is 0 Å². The monoisotopic (exact) mass is 289 g/mol. The average Bonchev–Trinajstić information content (AvgIpc) is 2.89. The topological polar surface area (TPSA) is 76.2 Å². The van der Waals surface area contributed by atoms with Gasteiger partial charge in [-0.1, -0.05) is 18.2 Å². The number of aromatic nitrogens is 2. The molecule has 2 rings (SSSR count). The fourth-order valence-electron chi connectivity index (χ4n) is 1.80. The summed E-state index contributed by atoms with van der Waals surface area (Å²) in [4.78, 5) is 19.5. The molecule has 2 N–H and O–H groups in total. The number of benzene rings is 1. The smallest absolute Gasteiger partial charge is 0.294 e. The van der Waals surface area contributed by atoms with Gasteiger partial charge in [-0.2, -0.15) is 4.98 Å². The summed E-state index contributed by atoms with van der Waals surface area (Å²) in [6.45, 7) is 5.07. The molecule has 0 aliphatic carbocycles. The molecule has 0 saturated carbocycles. The Morgan fingerprint density at radius 3 is 2.67 bits per heavy atom. The lowest BCUT2D eigenvalue weighted by Crippen LogP contribution is -2.15. The average molecular weight is 289 g/mol. The van der Waals surface area contributed by atoms with Crippen LogP contribution in [0, 0.1) is 0 Å². The number of imidazole rings is 1. The number of hydrogen-bond donors (Lipinski definition) is 2. The molecular weight excluding hydrogens is 270 g/mol. The number of amides is 1. The molecule has 0 unspecified atom stereocenters.